The smallest absolute Gasteiger partial charge is 0.274 e. The minimum absolute atomic E-state index is 0.163. The van der Waals surface area contributed by atoms with E-state index in [0.29, 0.717) is 23.5 Å². The maximum atomic E-state index is 13.0. The summed E-state index contributed by atoms with van der Waals surface area (Å²) in [6, 6.07) is 9.01. The van der Waals surface area contributed by atoms with Crippen molar-refractivity contribution in [2.75, 3.05) is 10.6 Å². The van der Waals surface area contributed by atoms with E-state index in [1.54, 1.807) is 24.3 Å². The van der Waals surface area contributed by atoms with Crippen molar-refractivity contribution in [3.63, 3.8) is 0 Å². The van der Waals surface area contributed by atoms with E-state index in [0.717, 1.165) is 21.4 Å². The summed E-state index contributed by atoms with van der Waals surface area (Å²) in [5, 5.41) is 5.60. The molecule has 1 aromatic carbocycles. The number of hydrogen-bond donors (Lipinski definition) is 2. The van der Waals surface area contributed by atoms with Gasteiger partial charge in [-0.05, 0) is 59.1 Å². The van der Waals surface area contributed by atoms with Gasteiger partial charge in [0.2, 0.25) is 5.91 Å². The number of carbonyl (C=O) groups is 2. The molecule has 0 spiro atoms. The maximum absolute atomic E-state index is 13.0. The lowest BCUT2D eigenvalue weighted by Crippen LogP contribution is -2.16. The lowest BCUT2D eigenvalue weighted by Gasteiger charge is -2.09. The van der Waals surface area contributed by atoms with Gasteiger partial charge in [0.25, 0.3) is 5.91 Å². The highest BCUT2D eigenvalue weighted by molar-refractivity contribution is 9.10. The SMILES string of the molecule is CCc1nc2c(C)cc(Br)cn2c1C(=O)Nc1cccc(NC(C)=O)c1. The largest absolute Gasteiger partial charge is 0.326 e. The second-order valence-electron chi connectivity index (χ2n) is 6.01. The maximum Gasteiger partial charge on any atom is 0.274 e. The third-order valence-electron chi connectivity index (χ3n) is 3.93. The number of anilines is 2. The number of fused-ring (bicyclic) bond motifs is 1. The first-order valence-corrected chi connectivity index (χ1v) is 9.04. The number of carbonyl (C=O) groups excluding carboxylic acids is 2. The first kappa shape index (κ1) is 18.1. The first-order chi connectivity index (χ1) is 12.4. The summed E-state index contributed by atoms with van der Waals surface area (Å²) < 4.78 is 2.69. The number of halogens is 1. The topological polar surface area (TPSA) is 75.5 Å². The van der Waals surface area contributed by atoms with Gasteiger partial charge in [-0.2, -0.15) is 0 Å². The summed E-state index contributed by atoms with van der Waals surface area (Å²) in [4.78, 5) is 28.8. The molecule has 26 heavy (non-hydrogen) atoms. The number of nitrogens with one attached hydrogen (secondary N) is 2. The van der Waals surface area contributed by atoms with Crippen LogP contribution in [0.1, 0.15) is 35.6 Å². The Balaban J connectivity index is 1.99. The van der Waals surface area contributed by atoms with Gasteiger partial charge in [0.05, 0.1) is 5.69 Å². The summed E-state index contributed by atoms with van der Waals surface area (Å²) in [6.45, 7) is 5.38. The first-order valence-electron chi connectivity index (χ1n) is 8.25. The molecule has 0 bridgehead atoms. The van der Waals surface area contributed by atoms with Crippen LogP contribution in [0, 0.1) is 6.92 Å². The molecule has 3 aromatic rings. The van der Waals surface area contributed by atoms with E-state index in [-0.39, 0.29) is 11.8 Å². The molecule has 0 saturated heterocycles. The molecule has 6 nitrogen and oxygen atoms in total. The fourth-order valence-electron chi connectivity index (χ4n) is 2.87. The molecule has 0 unspecified atom stereocenters. The predicted molar refractivity (Wildman–Crippen MR) is 106 cm³/mol. The zero-order valence-corrected chi connectivity index (χ0v) is 16.3. The van der Waals surface area contributed by atoms with Crippen molar-refractivity contribution in [2.45, 2.75) is 27.2 Å². The summed E-state index contributed by atoms with van der Waals surface area (Å²) >= 11 is 3.48. The Morgan fingerprint density at radius 3 is 2.54 bits per heavy atom. The van der Waals surface area contributed by atoms with Crippen LogP contribution >= 0.6 is 15.9 Å². The Labute approximate surface area is 159 Å². The molecule has 2 N–H and O–H groups in total. The Hall–Kier alpha value is -2.67. The monoisotopic (exact) mass is 414 g/mol. The van der Waals surface area contributed by atoms with Crippen molar-refractivity contribution >= 4 is 44.8 Å². The number of pyridine rings is 1. The molecular weight excluding hydrogens is 396 g/mol. The zero-order valence-electron chi connectivity index (χ0n) is 14.8. The molecule has 0 saturated carbocycles. The lowest BCUT2D eigenvalue weighted by atomic mass is 10.2. The van der Waals surface area contributed by atoms with Crippen LogP contribution in [-0.4, -0.2) is 21.2 Å². The highest BCUT2D eigenvalue weighted by atomic mass is 79.9. The van der Waals surface area contributed by atoms with E-state index in [1.807, 2.05) is 30.5 Å². The van der Waals surface area contributed by atoms with E-state index in [1.165, 1.54) is 6.92 Å². The molecule has 0 aliphatic heterocycles. The molecule has 0 aliphatic carbocycles. The van der Waals surface area contributed by atoms with E-state index in [2.05, 4.69) is 31.5 Å². The second-order valence-corrected chi connectivity index (χ2v) is 6.93. The molecule has 0 radical (unpaired) electrons. The van der Waals surface area contributed by atoms with Gasteiger partial charge < -0.3 is 10.6 Å². The Kier molecular flexibility index (Phi) is 5.08. The van der Waals surface area contributed by atoms with Crippen LogP contribution in [0.4, 0.5) is 11.4 Å². The van der Waals surface area contributed by atoms with E-state index >= 15 is 0 Å². The van der Waals surface area contributed by atoms with Crippen molar-refractivity contribution in [3.05, 3.63) is 58.0 Å². The molecule has 2 amide bonds. The van der Waals surface area contributed by atoms with Crippen molar-refractivity contribution in [1.82, 2.24) is 9.38 Å². The standard InChI is InChI=1S/C19H19BrN4O2/c1-4-16-17(24-10-13(20)8-11(2)18(24)23-16)19(26)22-15-7-5-6-14(9-15)21-12(3)25/h5-10H,4H2,1-3H3,(H,21,25)(H,22,26). The fourth-order valence-corrected chi connectivity index (χ4v) is 3.42. The number of amides is 2. The van der Waals surface area contributed by atoms with Crippen molar-refractivity contribution in [2.24, 2.45) is 0 Å². The normalized spacial score (nSPS) is 10.8. The van der Waals surface area contributed by atoms with Crippen LogP contribution in [-0.2, 0) is 11.2 Å². The van der Waals surface area contributed by atoms with Crippen LogP contribution in [0.5, 0.6) is 0 Å². The zero-order chi connectivity index (χ0) is 18.8. The van der Waals surface area contributed by atoms with Crippen LogP contribution in [0.15, 0.2) is 41.0 Å². The van der Waals surface area contributed by atoms with Gasteiger partial charge in [0.1, 0.15) is 11.3 Å². The molecule has 0 aliphatic rings. The number of nitrogens with zero attached hydrogens (tertiary/aromatic N) is 2. The summed E-state index contributed by atoms with van der Waals surface area (Å²) in [5.41, 5.74) is 4.23. The van der Waals surface area contributed by atoms with Crippen molar-refractivity contribution in [1.29, 1.82) is 0 Å². The molecule has 7 heteroatoms. The predicted octanol–water partition coefficient (Wildman–Crippen LogP) is 4.18. The van der Waals surface area contributed by atoms with Crippen LogP contribution < -0.4 is 10.6 Å². The summed E-state index contributed by atoms with van der Waals surface area (Å²) in [5.74, 6) is -0.407. The number of rotatable bonds is 4. The Morgan fingerprint density at radius 1 is 1.19 bits per heavy atom. The number of imidazole rings is 1. The van der Waals surface area contributed by atoms with Gasteiger partial charge in [-0.25, -0.2) is 4.98 Å². The van der Waals surface area contributed by atoms with Gasteiger partial charge in [-0.3, -0.25) is 14.0 Å². The molecule has 2 heterocycles. The van der Waals surface area contributed by atoms with Gasteiger partial charge in [-0.15, -0.1) is 0 Å². The second kappa shape index (κ2) is 7.29. The molecular formula is C19H19BrN4O2. The third kappa shape index (κ3) is 3.62. The average Bonchev–Trinajstić information content (AvgIpc) is 2.93. The third-order valence-corrected chi connectivity index (χ3v) is 4.37. The number of aromatic nitrogens is 2. The van der Waals surface area contributed by atoms with Gasteiger partial charge in [0, 0.05) is 29.0 Å². The van der Waals surface area contributed by atoms with Crippen molar-refractivity contribution < 1.29 is 9.59 Å². The van der Waals surface area contributed by atoms with Crippen LogP contribution in [0.3, 0.4) is 0 Å². The van der Waals surface area contributed by atoms with Crippen LogP contribution in [0.2, 0.25) is 0 Å². The minimum Gasteiger partial charge on any atom is -0.326 e. The Bertz CT molecular complexity index is 1010. The van der Waals surface area contributed by atoms with E-state index in [4.69, 9.17) is 0 Å². The highest BCUT2D eigenvalue weighted by Crippen LogP contribution is 2.23. The van der Waals surface area contributed by atoms with Crippen LogP contribution in [0.25, 0.3) is 5.65 Å². The van der Waals surface area contributed by atoms with Gasteiger partial charge >= 0.3 is 0 Å². The molecule has 0 atom stereocenters. The van der Waals surface area contributed by atoms with Gasteiger partial charge in [-0.1, -0.05) is 13.0 Å². The van der Waals surface area contributed by atoms with Crippen molar-refractivity contribution in [3.8, 4) is 0 Å². The average molecular weight is 415 g/mol. The number of hydrogen-bond acceptors (Lipinski definition) is 3. The quantitative estimate of drug-likeness (QED) is 0.672. The highest BCUT2D eigenvalue weighted by Gasteiger charge is 2.20. The van der Waals surface area contributed by atoms with Gasteiger partial charge in [0.15, 0.2) is 0 Å². The lowest BCUT2D eigenvalue weighted by molar-refractivity contribution is -0.114. The molecule has 0 fully saturated rings. The summed E-state index contributed by atoms with van der Waals surface area (Å²) in [7, 11) is 0. The fraction of sp³-hybridized carbons (Fsp3) is 0.211. The van der Waals surface area contributed by atoms with E-state index in [9.17, 15) is 9.59 Å². The minimum atomic E-state index is -0.244. The molecule has 134 valence electrons. The number of aryl methyl sites for hydroxylation is 2. The summed E-state index contributed by atoms with van der Waals surface area (Å²) in [6.07, 6.45) is 2.49. The number of benzene rings is 1. The Morgan fingerprint density at radius 2 is 1.88 bits per heavy atom. The van der Waals surface area contributed by atoms with E-state index < -0.39 is 0 Å². The molecule has 3 rings (SSSR count). The molecule has 2 aromatic heterocycles.